The van der Waals surface area contributed by atoms with Crippen molar-refractivity contribution in [3.63, 3.8) is 0 Å². The number of nitrogens with one attached hydrogen (secondary N) is 3. The number of nitrogens with zero attached hydrogens (tertiary/aromatic N) is 1. The van der Waals surface area contributed by atoms with Gasteiger partial charge < -0.3 is 20.8 Å². The van der Waals surface area contributed by atoms with Gasteiger partial charge in [-0.1, -0.05) is 0 Å². The average Bonchev–Trinajstić information content (AvgIpc) is 2.62. The van der Waals surface area contributed by atoms with Crippen LogP contribution in [0.1, 0.15) is 12.0 Å². The minimum atomic E-state index is -0.873. The molecule has 2 rings (SSSR count). The number of benzene rings is 2. The number of amides is 2. The first-order chi connectivity index (χ1) is 12.5. The normalized spacial score (nSPS) is 11.0. The van der Waals surface area contributed by atoms with Crippen molar-refractivity contribution in [2.24, 2.45) is 4.99 Å². The molecule has 0 fully saturated rings. The van der Waals surface area contributed by atoms with Gasteiger partial charge >= 0.3 is 6.03 Å². The summed E-state index contributed by atoms with van der Waals surface area (Å²) in [5, 5.41) is 12.1. The minimum absolute atomic E-state index is 0.141. The predicted molar refractivity (Wildman–Crippen MR) is 97.9 cm³/mol. The first-order valence-corrected chi connectivity index (χ1v) is 7.64. The molecular formula is C18H18F2N4O2. The van der Waals surface area contributed by atoms with Gasteiger partial charge in [-0.15, -0.1) is 0 Å². The molecule has 2 amide bonds. The summed E-state index contributed by atoms with van der Waals surface area (Å²) in [6.07, 6.45) is 1.52. The number of ether oxygens (including phenoxy) is 1. The molecule has 3 N–H and O–H groups in total. The third-order valence-electron chi connectivity index (χ3n) is 3.51. The third kappa shape index (κ3) is 4.62. The van der Waals surface area contributed by atoms with E-state index in [0.717, 1.165) is 12.1 Å². The molecule has 0 atom stereocenters. The zero-order valence-electron chi connectivity index (χ0n) is 14.3. The molecule has 0 aliphatic rings. The fourth-order valence-corrected chi connectivity index (χ4v) is 2.31. The number of rotatable bonds is 6. The second kappa shape index (κ2) is 8.70. The van der Waals surface area contributed by atoms with E-state index in [2.05, 4.69) is 15.6 Å². The Kier molecular flexibility index (Phi) is 6.37. The molecule has 0 radical (unpaired) electrons. The highest BCUT2D eigenvalue weighted by Gasteiger charge is 2.13. The molecule has 0 aromatic heterocycles. The number of aliphatic imine (C=N–C) groups is 1. The molecule has 0 unspecified atom stereocenters. The van der Waals surface area contributed by atoms with E-state index < -0.39 is 17.7 Å². The van der Waals surface area contributed by atoms with Gasteiger partial charge in [-0.2, -0.15) is 0 Å². The number of anilines is 2. The van der Waals surface area contributed by atoms with E-state index in [-0.39, 0.29) is 5.69 Å². The number of halogens is 2. The molecule has 0 saturated carbocycles. The summed E-state index contributed by atoms with van der Waals surface area (Å²) in [5.74, 6) is -1.06. The quantitative estimate of drug-likeness (QED) is 0.678. The van der Waals surface area contributed by atoms with Gasteiger partial charge in [0.2, 0.25) is 0 Å². The zero-order valence-corrected chi connectivity index (χ0v) is 14.3. The van der Waals surface area contributed by atoms with Crippen molar-refractivity contribution in [2.45, 2.75) is 6.42 Å². The van der Waals surface area contributed by atoms with Crippen LogP contribution in [0.3, 0.4) is 0 Å². The molecule has 0 bridgehead atoms. The highest BCUT2D eigenvalue weighted by molar-refractivity contribution is 6.09. The zero-order chi connectivity index (χ0) is 19.1. The van der Waals surface area contributed by atoms with Gasteiger partial charge in [-0.3, -0.25) is 4.99 Å². The Morgan fingerprint density at radius 2 is 2.00 bits per heavy atom. The Morgan fingerprint density at radius 1 is 1.23 bits per heavy atom. The Morgan fingerprint density at radius 3 is 2.62 bits per heavy atom. The fraction of sp³-hybridized carbons (Fsp3) is 0.167. The molecular weight excluding hydrogens is 342 g/mol. The van der Waals surface area contributed by atoms with Gasteiger partial charge in [0.1, 0.15) is 17.4 Å². The maximum Gasteiger partial charge on any atom is 0.323 e. The summed E-state index contributed by atoms with van der Waals surface area (Å²) in [6.45, 7) is 0. The van der Waals surface area contributed by atoms with Crippen molar-refractivity contribution in [1.29, 1.82) is 5.41 Å². The smallest absolute Gasteiger partial charge is 0.323 e. The minimum Gasteiger partial charge on any atom is -0.496 e. The largest absolute Gasteiger partial charge is 0.496 e. The molecule has 0 spiro atoms. The van der Waals surface area contributed by atoms with Gasteiger partial charge in [0.05, 0.1) is 18.5 Å². The number of carbonyl (C=O) groups excluding carboxylic acids is 1. The molecule has 0 heterocycles. The highest BCUT2D eigenvalue weighted by Crippen LogP contribution is 2.25. The molecule has 0 aliphatic carbocycles. The number of carbonyl (C=O) groups is 1. The van der Waals surface area contributed by atoms with Crippen LogP contribution < -0.4 is 15.4 Å². The summed E-state index contributed by atoms with van der Waals surface area (Å²) < 4.78 is 31.8. The first-order valence-electron chi connectivity index (χ1n) is 7.64. The van der Waals surface area contributed by atoms with Crippen LogP contribution in [0, 0.1) is 17.0 Å². The van der Waals surface area contributed by atoms with Crippen LogP contribution in [0.2, 0.25) is 0 Å². The van der Waals surface area contributed by atoms with Crippen molar-refractivity contribution < 1.29 is 18.3 Å². The maximum absolute atomic E-state index is 13.6. The topological polar surface area (TPSA) is 86.6 Å². The molecule has 2 aromatic rings. The van der Waals surface area contributed by atoms with Crippen LogP contribution in [0.4, 0.5) is 25.0 Å². The van der Waals surface area contributed by atoms with E-state index in [1.165, 1.54) is 13.3 Å². The van der Waals surface area contributed by atoms with Crippen LogP contribution in [0.15, 0.2) is 41.4 Å². The van der Waals surface area contributed by atoms with Crippen molar-refractivity contribution in [1.82, 2.24) is 0 Å². The average molecular weight is 360 g/mol. The van der Waals surface area contributed by atoms with Crippen molar-refractivity contribution >= 4 is 29.3 Å². The van der Waals surface area contributed by atoms with E-state index in [1.807, 2.05) is 0 Å². The highest BCUT2D eigenvalue weighted by atomic mass is 19.1. The van der Waals surface area contributed by atoms with Crippen LogP contribution in [-0.2, 0) is 0 Å². The molecule has 26 heavy (non-hydrogen) atoms. The van der Waals surface area contributed by atoms with E-state index in [1.54, 1.807) is 25.2 Å². The van der Waals surface area contributed by atoms with Crippen molar-refractivity contribution in [3.05, 3.63) is 53.6 Å². The third-order valence-corrected chi connectivity index (χ3v) is 3.51. The van der Waals surface area contributed by atoms with Gasteiger partial charge in [-0.05, 0) is 30.3 Å². The molecule has 0 aliphatic heterocycles. The predicted octanol–water partition coefficient (Wildman–Crippen LogP) is 4.08. The lowest BCUT2D eigenvalue weighted by molar-refractivity contribution is 0.262. The summed E-state index contributed by atoms with van der Waals surface area (Å²) in [5.41, 5.74) is 1.53. The monoisotopic (exact) mass is 360 g/mol. The Hall–Kier alpha value is -3.29. The lowest BCUT2D eigenvalue weighted by Gasteiger charge is -2.13. The van der Waals surface area contributed by atoms with E-state index in [0.29, 0.717) is 35.2 Å². The van der Waals surface area contributed by atoms with Crippen LogP contribution in [0.25, 0.3) is 0 Å². The van der Waals surface area contributed by atoms with E-state index >= 15 is 0 Å². The van der Waals surface area contributed by atoms with Crippen molar-refractivity contribution in [2.75, 3.05) is 24.8 Å². The Bertz CT molecular complexity index is 853. The maximum atomic E-state index is 13.6. The molecule has 2 aromatic carbocycles. The van der Waals surface area contributed by atoms with Gasteiger partial charge in [-0.25, -0.2) is 13.6 Å². The number of hydrogen-bond donors (Lipinski definition) is 3. The van der Waals surface area contributed by atoms with Crippen LogP contribution in [-0.4, -0.2) is 32.1 Å². The lowest BCUT2D eigenvalue weighted by Crippen LogP contribution is -2.20. The molecule has 136 valence electrons. The Balaban J connectivity index is 2.20. The van der Waals surface area contributed by atoms with Crippen LogP contribution in [0.5, 0.6) is 5.75 Å². The second-order valence-electron chi connectivity index (χ2n) is 5.20. The van der Waals surface area contributed by atoms with E-state index in [4.69, 9.17) is 10.1 Å². The summed E-state index contributed by atoms with van der Waals surface area (Å²) in [7, 11) is 3.11. The van der Waals surface area contributed by atoms with E-state index in [9.17, 15) is 13.6 Å². The molecule has 8 heteroatoms. The van der Waals surface area contributed by atoms with Crippen LogP contribution >= 0.6 is 0 Å². The fourth-order valence-electron chi connectivity index (χ4n) is 2.31. The summed E-state index contributed by atoms with van der Waals surface area (Å²) in [6, 6.07) is 7.09. The summed E-state index contributed by atoms with van der Waals surface area (Å²) in [4.78, 5) is 16.2. The second-order valence-corrected chi connectivity index (χ2v) is 5.20. The van der Waals surface area contributed by atoms with Gasteiger partial charge in [0.15, 0.2) is 0 Å². The number of methoxy groups -OCH3 is 1. The van der Waals surface area contributed by atoms with Gasteiger partial charge in [0, 0.05) is 37.0 Å². The SMILES string of the molecule is CN=C(CC=N)c1cc(NC(=O)Nc2ccc(F)cc2F)ccc1OC. The number of urea groups is 1. The molecule has 0 saturated heterocycles. The number of hydrogen-bond acceptors (Lipinski definition) is 4. The lowest BCUT2D eigenvalue weighted by atomic mass is 10.1. The Labute approximate surface area is 149 Å². The van der Waals surface area contributed by atoms with Crippen molar-refractivity contribution in [3.8, 4) is 5.75 Å². The molecule has 6 nitrogen and oxygen atoms in total. The first kappa shape index (κ1) is 19.0. The van der Waals surface area contributed by atoms with Gasteiger partial charge in [0.25, 0.3) is 0 Å². The summed E-state index contributed by atoms with van der Waals surface area (Å²) >= 11 is 0. The standard InChI is InChI=1S/C18H18F2N4O2/c1-22-15(7-8-21)13-10-12(4-6-17(13)26-2)23-18(25)24-16-5-3-11(19)9-14(16)20/h3-6,8-10,21H,7H2,1-2H3,(H2,23,24,25).